The lowest BCUT2D eigenvalue weighted by molar-refractivity contribution is -0.146. The van der Waals surface area contributed by atoms with Crippen molar-refractivity contribution in [1.82, 2.24) is 4.90 Å². The third-order valence-electron chi connectivity index (χ3n) is 3.37. The van der Waals surface area contributed by atoms with Gasteiger partial charge in [0.05, 0.1) is 0 Å². The third kappa shape index (κ3) is 2.95. The number of piperidine rings is 1. The summed E-state index contributed by atoms with van der Waals surface area (Å²) in [6, 6.07) is 0.226. The van der Waals surface area contributed by atoms with Crippen molar-refractivity contribution in [1.29, 1.82) is 0 Å². The molecule has 94 valence electrons. The van der Waals surface area contributed by atoms with Crippen LogP contribution in [0.5, 0.6) is 0 Å². The van der Waals surface area contributed by atoms with Gasteiger partial charge in [0, 0.05) is 25.7 Å². The molecule has 1 amide bonds. The van der Waals surface area contributed by atoms with Crippen LogP contribution in [0.15, 0.2) is 0 Å². The van der Waals surface area contributed by atoms with Crippen molar-refractivity contribution in [3.05, 3.63) is 0 Å². The van der Waals surface area contributed by atoms with Crippen LogP contribution in [0.1, 0.15) is 39.5 Å². The molecule has 0 bridgehead atoms. The summed E-state index contributed by atoms with van der Waals surface area (Å²) in [5, 5.41) is 0. The number of methoxy groups -OCH3 is 1. The highest BCUT2D eigenvalue weighted by Crippen LogP contribution is 2.20. The van der Waals surface area contributed by atoms with E-state index in [-0.39, 0.29) is 24.1 Å². The summed E-state index contributed by atoms with van der Waals surface area (Å²) in [7, 11) is 1.59. The fourth-order valence-corrected chi connectivity index (χ4v) is 2.40. The average molecular weight is 228 g/mol. The minimum Gasteiger partial charge on any atom is -0.372 e. The highest BCUT2D eigenvalue weighted by molar-refractivity contribution is 5.81. The van der Waals surface area contributed by atoms with Crippen LogP contribution in [0.2, 0.25) is 0 Å². The molecule has 1 rings (SSSR count). The van der Waals surface area contributed by atoms with E-state index in [0.29, 0.717) is 0 Å². The Balaban J connectivity index is 2.70. The molecule has 4 heteroatoms. The Bertz CT molecular complexity index is 227. The fourth-order valence-electron chi connectivity index (χ4n) is 2.40. The molecule has 0 aromatic heterocycles. The van der Waals surface area contributed by atoms with Gasteiger partial charge in [-0.3, -0.25) is 4.79 Å². The predicted octanol–water partition coefficient (Wildman–Crippen LogP) is 1.14. The van der Waals surface area contributed by atoms with Crippen molar-refractivity contribution >= 4 is 5.91 Å². The first-order valence-electron chi connectivity index (χ1n) is 6.20. The molecule has 1 heterocycles. The monoisotopic (exact) mass is 228 g/mol. The Kier molecular flexibility index (Phi) is 5.22. The maximum Gasteiger partial charge on any atom is 0.251 e. The summed E-state index contributed by atoms with van der Waals surface area (Å²) >= 11 is 0. The molecule has 0 saturated carbocycles. The molecule has 0 spiro atoms. The molecule has 0 aliphatic carbocycles. The quantitative estimate of drug-likeness (QED) is 0.785. The van der Waals surface area contributed by atoms with Crippen molar-refractivity contribution in [3.8, 4) is 0 Å². The van der Waals surface area contributed by atoms with E-state index in [0.717, 1.165) is 25.8 Å². The summed E-state index contributed by atoms with van der Waals surface area (Å²) in [6.45, 7) is 4.77. The van der Waals surface area contributed by atoms with Crippen LogP contribution < -0.4 is 5.73 Å². The summed E-state index contributed by atoms with van der Waals surface area (Å²) in [5.74, 6) is 0.104. The van der Waals surface area contributed by atoms with Gasteiger partial charge in [0.2, 0.25) is 0 Å². The van der Waals surface area contributed by atoms with Crippen LogP contribution in [-0.4, -0.2) is 42.6 Å². The number of likely N-dealkylation sites (tertiary alicyclic amines) is 1. The Morgan fingerprint density at radius 3 is 2.75 bits per heavy atom. The van der Waals surface area contributed by atoms with E-state index in [4.69, 9.17) is 10.5 Å². The van der Waals surface area contributed by atoms with Crippen LogP contribution in [0.3, 0.4) is 0 Å². The molecular formula is C12H24N2O2. The van der Waals surface area contributed by atoms with Crippen molar-refractivity contribution < 1.29 is 9.53 Å². The fraction of sp³-hybridized carbons (Fsp3) is 0.917. The van der Waals surface area contributed by atoms with Gasteiger partial charge in [0.15, 0.2) is 0 Å². The van der Waals surface area contributed by atoms with Gasteiger partial charge in [-0.15, -0.1) is 0 Å². The largest absolute Gasteiger partial charge is 0.372 e. The molecule has 3 unspecified atom stereocenters. The minimum absolute atomic E-state index is 0.0404. The SMILES string of the molecule is CCC(OC)C(=O)N1CCCCC1C(C)N. The van der Waals surface area contributed by atoms with Crippen LogP contribution >= 0.6 is 0 Å². The van der Waals surface area contributed by atoms with Gasteiger partial charge in [0.1, 0.15) is 6.10 Å². The lowest BCUT2D eigenvalue weighted by Gasteiger charge is -2.39. The molecule has 1 fully saturated rings. The Hall–Kier alpha value is -0.610. The Morgan fingerprint density at radius 1 is 1.56 bits per heavy atom. The van der Waals surface area contributed by atoms with E-state index >= 15 is 0 Å². The zero-order chi connectivity index (χ0) is 12.1. The summed E-state index contributed by atoms with van der Waals surface area (Å²) in [6.07, 6.45) is 3.68. The van der Waals surface area contributed by atoms with Gasteiger partial charge in [-0.05, 0) is 32.6 Å². The number of carbonyl (C=O) groups excluding carboxylic acids is 1. The molecule has 3 atom stereocenters. The topological polar surface area (TPSA) is 55.6 Å². The molecule has 16 heavy (non-hydrogen) atoms. The number of hydrogen-bond acceptors (Lipinski definition) is 3. The van der Waals surface area contributed by atoms with E-state index < -0.39 is 0 Å². The van der Waals surface area contributed by atoms with Crippen LogP contribution in [0.4, 0.5) is 0 Å². The first-order valence-corrected chi connectivity index (χ1v) is 6.20. The lowest BCUT2D eigenvalue weighted by Crippen LogP contribution is -2.54. The van der Waals surface area contributed by atoms with Gasteiger partial charge >= 0.3 is 0 Å². The molecule has 0 radical (unpaired) electrons. The second-order valence-corrected chi connectivity index (χ2v) is 4.59. The number of nitrogens with zero attached hydrogens (tertiary/aromatic N) is 1. The second-order valence-electron chi connectivity index (χ2n) is 4.59. The van der Waals surface area contributed by atoms with Gasteiger partial charge in [-0.2, -0.15) is 0 Å². The first kappa shape index (κ1) is 13.5. The third-order valence-corrected chi connectivity index (χ3v) is 3.37. The lowest BCUT2D eigenvalue weighted by atomic mass is 9.96. The van der Waals surface area contributed by atoms with Crippen molar-refractivity contribution in [2.24, 2.45) is 5.73 Å². The average Bonchev–Trinajstić information content (AvgIpc) is 2.30. The molecule has 0 aromatic carbocycles. The highest BCUT2D eigenvalue weighted by atomic mass is 16.5. The number of hydrogen-bond donors (Lipinski definition) is 1. The number of nitrogens with two attached hydrogens (primary N) is 1. The van der Waals surface area contributed by atoms with Crippen molar-refractivity contribution in [2.45, 2.75) is 57.7 Å². The summed E-state index contributed by atoms with van der Waals surface area (Å²) in [4.78, 5) is 14.1. The molecule has 1 saturated heterocycles. The number of rotatable bonds is 4. The maximum absolute atomic E-state index is 12.2. The normalized spacial score (nSPS) is 25.2. The number of amides is 1. The van der Waals surface area contributed by atoms with Gasteiger partial charge in [-0.25, -0.2) is 0 Å². The Morgan fingerprint density at radius 2 is 2.25 bits per heavy atom. The van der Waals surface area contributed by atoms with Crippen LogP contribution in [0.25, 0.3) is 0 Å². The van der Waals surface area contributed by atoms with Crippen LogP contribution in [0, 0.1) is 0 Å². The van der Waals surface area contributed by atoms with Crippen molar-refractivity contribution in [2.75, 3.05) is 13.7 Å². The van der Waals surface area contributed by atoms with E-state index in [1.54, 1.807) is 7.11 Å². The Labute approximate surface area is 98.1 Å². The smallest absolute Gasteiger partial charge is 0.251 e. The van der Waals surface area contributed by atoms with Gasteiger partial charge in [0.25, 0.3) is 5.91 Å². The molecule has 0 aromatic rings. The van der Waals surface area contributed by atoms with E-state index in [2.05, 4.69) is 0 Å². The minimum atomic E-state index is -0.306. The summed E-state index contributed by atoms with van der Waals surface area (Å²) < 4.78 is 5.21. The zero-order valence-corrected chi connectivity index (χ0v) is 10.6. The van der Waals surface area contributed by atoms with E-state index in [9.17, 15) is 4.79 Å². The van der Waals surface area contributed by atoms with E-state index in [1.807, 2.05) is 18.7 Å². The number of ether oxygens (including phenoxy) is 1. The van der Waals surface area contributed by atoms with E-state index in [1.165, 1.54) is 6.42 Å². The van der Waals surface area contributed by atoms with Crippen molar-refractivity contribution in [3.63, 3.8) is 0 Å². The number of carbonyl (C=O) groups is 1. The van der Waals surface area contributed by atoms with Gasteiger partial charge in [-0.1, -0.05) is 6.92 Å². The zero-order valence-electron chi connectivity index (χ0n) is 10.6. The predicted molar refractivity (Wildman–Crippen MR) is 64.1 cm³/mol. The maximum atomic E-state index is 12.2. The molecular weight excluding hydrogens is 204 g/mol. The standard InChI is InChI=1S/C12H24N2O2/c1-4-11(16-3)12(15)14-8-6-5-7-10(14)9(2)13/h9-11H,4-8,13H2,1-3H3. The first-order chi connectivity index (χ1) is 7.61. The van der Waals surface area contributed by atoms with Gasteiger partial charge < -0.3 is 15.4 Å². The molecule has 1 aliphatic heterocycles. The molecule has 4 nitrogen and oxygen atoms in total. The second kappa shape index (κ2) is 6.21. The summed E-state index contributed by atoms with van der Waals surface area (Å²) in [5.41, 5.74) is 5.94. The highest BCUT2D eigenvalue weighted by Gasteiger charge is 2.32. The van der Waals surface area contributed by atoms with Crippen LogP contribution in [-0.2, 0) is 9.53 Å². The molecule has 1 aliphatic rings. The molecule has 2 N–H and O–H groups in total.